The number of thiophene rings is 1. The fourth-order valence-electron chi connectivity index (χ4n) is 4.42. The molecule has 0 spiro atoms. The number of nitrogens with zero attached hydrogens (tertiary/aromatic N) is 4. The van der Waals surface area contributed by atoms with Gasteiger partial charge in [0.15, 0.2) is 0 Å². The smallest absolute Gasteiger partial charge is 0.298 e. The summed E-state index contributed by atoms with van der Waals surface area (Å²) in [5, 5.41) is 8.94. The summed E-state index contributed by atoms with van der Waals surface area (Å²) in [4.78, 5) is 27.7. The first-order valence-electron chi connectivity index (χ1n) is 9.59. The molecule has 2 atom stereocenters. The predicted octanol–water partition coefficient (Wildman–Crippen LogP) is 2.05. The van der Waals surface area contributed by atoms with Crippen LogP contribution in [0.25, 0.3) is 0 Å². The van der Waals surface area contributed by atoms with Crippen LogP contribution < -0.4 is 11.1 Å². The molecule has 0 N–H and O–H groups in total. The van der Waals surface area contributed by atoms with Gasteiger partial charge in [-0.25, -0.2) is 4.68 Å². The molecule has 0 amide bonds. The number of likely N-dealkylation sites (tertiary alicyclic amines) is 1. The lowest BCUT2D eigenvalue weighted by Gasteiger charge is -2.17. The number of aromatic nitrogens is 3. The Bertz CT molecular complexity index is 1110. The molecule has 2 aromatic heterocycles. The van der Waals surface area contributed by atoms with Gasteiger partial charge in [0.1, 0.15) is 5.82 Å². The quantitative estimate of drug-likeness (QED) is 0.636. The van der Waals surface area contributed by atoms with E-state index in [0.717, 1.165) is 36.6 Å². The Balaban J connectivity index is 1.43. The molecule has 5 rings (SSSR count). The molecule has 0 saturated carbocycles. The molecule has 7 heteroatoms. The minimum atomic E-state index is -0.528. The Hall–Kier alpha value is -2.51. The normalized spacial score (nSPS) is 21.0. The maximum Gasteiger partial charge on any atom is 0.332 e. The number of aryl methyl sites for hydroxylation is 1. The van der Waals surface area contributed by atoms with E-state index in [1.165, 1.54) is 10.2 Å². The molecular weight excluding hydrogens is 372 g/mol. The maximum atomic E-state index is 12.7. The lowest BCUT2D eigenvalue weighted by Crippen LogP contribution is -2.44. The van der Waals surface area contributed by atoms with Crippen LogP contribution in [0.2, 0.25) is 0 Å². The van der Waals surface area contributed by atoms with E-state index in [1.54, 1.807) is 15.9 Å². The summed E-state index contributed by atoms with van der Waals surface area (Å²) < 4.78 is 2.97. The largest absolute Gasteiger partial charge is 0.332 e. The summed E-state index contributed by atoms with van der Waals surface area (Å²) in [6.07, 6.45) is 0. The molecule has 4 heterocycles. The summed E-state index contributed by atoms with van der Waals surface area (Å²) in [5.41, 5.74) is 2.51. The molecule has 28 heavy (non-hydrogen) atoms. The van der Waals surface area contributed by atoms with Crippen molar-refractivity contribution in [3.05, 3.63) is 84.3 Å². The average Bonchev–Trinajstić information content (AvgIpc) is 3.39. The van der Waals surface area contributed by atoms with Crippen LogP contribution in [0.1, 0.15) is 28.4 Å². The zero-order valence-corrected chi connectivity index (χ0v) is 16.6. The molecule has 0 radical (unpaired) electrons. The second-order valence-corrected chi connectivity index (χ2v) is 8.69. The molecule has 0 bridgehead atoms. The summed E-state index contributed by atoms with van der Waals surface area (Å²) in [6, 6.07) is 10.1. The van der Waals surface area contributed by atoms with E-state index in [1.807, 2.05) is 31.2 Å². The van der Waals surface area contributed by atoms with E-state index in [0.29, 0.717) is 19.0 Å². The standard InChI is InChI=1S/C21H22N4O2S/c1-14-2-4-15(5-3-14)9-25-21(27)20(26)24-11-17-10-23(8-16-6-7-28-13-16)12-18(17)19(24)22-25/h2-7,13,17-18H,8-12H2,1H3/t17-,18-/m0/s1. The van der Waals surface area contributed by atoms with E-state index < -0.39 is 11.1 Å². The lowest BCUT2D eigenvalue weighted by molar-refractivity contribution is 0.304. The van der Waals surface area contributed by atoms with Crippen LogP contribution in [-0.2, 0) is 19.6 Å². The van der Waals surface area contributed by atoms with Gasteiger partial charge in [-0.2, -0.15) is 16.4 Å². The number of benzene rings is 1. The van der Waals surface area contributed by atoms with Crippen molar-refractivity contribution in [2.75, 3.05) is 13.1 Å². The van der Waals surface area contributed by atoms with E-state index in [2.05, 4.69) is 26.8 Å². The first-order valence-corrected chi connectivity index (χ1v) is 10.5. The van der Waals surface area contributed by atoms with Gasteiger partial charge in [0.05, 0.1) is 6.54 Å². The molecule has 1 fully saturated rings. The van der Waals surface area contributed by atoms with Gasteiger partial charge in [-0.1, -0.05) is 29.8 Å². The van der Waals surface area contributed by atoms with Crippen LogP contribution >= 0.6 is 11.3 Å². The van der Waals surface area contributed by atoms with Gasteiger partial charge in [0.2, 0.25) is 0 Å². The van der Waals surface area contributed by atoms with Crippen LogP contribution in [0.15, 0.2) is 50.7 Å². The van der Waals surface area contributed by atoms with Crippen molar-refractivity contribution in [3.63, 3.8) is 0 Å². The van der Waals surface area contributed by atoms with Crippen molar-refractivity contribution >= 4 is 11.3 Å². The molecule has 3 aromatic rings. The summed E-state index contributed by atoms with van der Waals surface area (Å²) in [6.45, 7) is 5.72. The zero-order chi connectivity index (χ0) is 19.3. The van der Waals surface area contributed by atoms with Gasteiger partial charge in [-0.05, 0) is 34.9 Å². The first kappa shape index (κ1) is 17.6. The average molecular weight is 395 g/mol. The molecule has 0 unspecified atom stereocenters. The van der Waals surface area contributed by atoms with Crippen molar-refractivity contribution in [2.45, 2.75) is 32.5 Å². The molecular formula is C21H22N4O2S. The lowest BCUT2D eigenvalue weighted by atomic mass is 10.00. The van der Waals surface area contributed by atoms with Gasteiger partial charge in [-0.15, -0.1) is 0 Å². The third-order valence-corrected chi connectivity index (χ3v) is 6.60. The molecule has 0 aliphatic carbocycles. The highest BCUT2D eigenvalue weighted by Gasteiger charge is 2.42. The van der Waals surface area contributed by atoms with Crippen LogP contribution in [0.5, 0.6) is 0 Å². The first-order chi connectivity index (χ1) is 13.6. The minimum Gasteiger partial charge on any atom is -0.298 e. The van der Waals surface area contributed by atoms with Gasteiger partial charge in [0.25, 0.3) is 0 Å². The van der Waals surface area contributed by atoms with E-state index >= 15 is 0 Å². The second kappa shape index (κ2) is 6.83. The number of hydrogen-bond acceptors (Lipinski definition) is 5. The monoisotopic (exact) mass is 394 g/mol. The van der Waals surface area contributed by atoms with Crippen molar-refractivity contribution in [2.24, 2.45) is 5.92 Å². The van der Waals surface area contributed by atoms with Gasteiger partial charge >= 0.3 is 11.1 Å². The number of fused-ring (bicyclic) bond motifs is 3. The van der Waals surface area contributed by atoms with Crippen LogP contribution in [0.3, 0.4) is 0 Å². The third kappa shape index (κ3) is 3.04. The Labute approximate surface area is 166 Å². The van der Waals surface area contributed by atoms with Crippen LogP contribution in [0.4, 0.5) is 0 Å². The topological polar surface area (TPSA) is 60.1 Å². The highest BCUT2D eigenvalue weighted by Crippen LogP contribution is 2.37. The highest BCUT2D eigenvalue weighted by molar-refractivity contribution is 7.07. The van der Waals surface area contributed by atoms with Gasteiger partial charge in [-0.3, -0.25) is 19.1 Å². The van der Waals surface area contributed by atoms with Crippen molar-refractivity contribution in [1.82, 2.24) is 19.2 Å². The fraction of sp³-hybridized carbons (Fsp3) is 0.381. The van der Waals surface area contributed by atoms with Crippen molar-refractivity contribution < 1.29 is 0 Å². The Morgan fingerprint density at radius 1 is 1.00 bits per heavy atom. The molecule has 144 valence electrons. The van der Waals surface area contributed by atoms with Crippen molar-refractivity contribution in [1.29, 1.82) is 0 Å². The Kier molecular flexibility index (Phi) is 4.29. The number of hydrogen-bond donors (Lipinski definition) is 0. The Morgan fingerprint density at radius 2 is 1.82 bits per heavy atom. The predicted molar refractivity (Wildman–Crippen MR) is 109 cm³/mol. The molecule has 1 aromatic carbocycles. The molecule has 1 saturated heterocycles. The van der Waals surface area contributed by atoms with E-state index in [-0.39, 0.29) is 5.92 Å². The fourth-order valence-corrected chi connectivity index (χ4v) is 5.08. The molecule has 6 nitrogen and oxygen atoms in total. The van der Waals surface area contributed by atoms with E-state index in [9.17, 15) is 9.59 Å². The summed E-state index contributed by atoms with van der Waals surface area (Å²) in [5.74, 6) is 1.35. The Morgan fingerprint density at radius 3 is 2.57 bits per heavy atom. The van der Waals surface area contributed by atoms with E-state index in [4.69, 9.17) is 0 Å². The SMILES string of the molecule is Cc1ccc(Cn2nc3n(c(=O)c2=O)C[C@@H]2CN(Cc4ccsc4)C[C@H]32)cc1. The summed E-state index contributed by atoms with van der Waals surface area (Å²) >= 11 is 1.72. The van der Waals surface area contributed by atoms with Crippen LogP contribution in [0, 0.1) is 12.8 Å². The summed E-state index contributed by atoms with van der Waals surface area (Å²) in [7, 11) is 0. The van der Waals surface area contributed by atoms with Gasteiger partial charge < -0.3 is 0 Å². The second-order valence-electron chi connectivity index (χ2n) is 7.91. The minimum absolute atomic E-state index is 0.219. The third-order valence-electron chi connectivity index (χ3n) is 5.87. The maximum absolute atomic E-state index is 12.7. The van der Waals surface area contributed by atoms with Crippen LogP contribution in [-0.4, -0.2) is 32.3 Å². The number of rotatable bonds is 4. The van der Waals surface area contributed by atoms with Gasteiger partial charge in [0, 0.05) is 38.0 Å². The van der Waals surface area contributed by atoms with Crippen molar-refractivity contribution in [3.8, 4) is 0 Å². The highest BCUT2D eigenvalue weighted by atomic mass is 32.1. The molecule has 2 aliphatic rings. The zero-order valence-electron chi connectivity index (χ0n) is 15.7. The molecule has 2 aliphatic heterocycles.